The fraction of sp³-hybridized carbons (Fsp3) is 1.00. The molecule has 0 bridgehead atoms. The second-order valence-electron chi connectivity index (χ2n) is 3.53. The van der Waals surface area contributed by atoms with E-state index < -0.39 is 5.69 Å². The molecule has 0 radical (unpaired) electrons. The van der Waals surface area contributed by atoms with Crippen molar-refractivity contribution in [1.82, 2.24) is 0 Å². The van der Waals surface area contributed by atoms with Gasteiger partial charge in [0, 0.05) is 5.69 Å². The van der Waals surface area contributed by atoms with E-state index in [4.69, 9.17) is 16.3 Å². The molecule has 0 spiro atoms. The van der Waals surface area contributed by atoms with Crippen LogP contribution in [-0.2, 0) is 16.3 Å². The molecule has 0 aliphatic carbocycles. The third-order valence-electron chi connectivity index (χ3n) is 1.99. The smallest absolute Gasteiger partial charge is 0.793 e. The van der Waals surface area contributed by atoms with Crippen LogP contribution in [0.15, 0.2) is 0 Å². The minimum atomic E-state index is -2.77. The van der Waals surface area contributed by atoms with Gasteiger partial charge in [0.15, 0.2) is 0 Å². The average molecular weight is 292 g/mol. The summed E-state index contributed by atoms with van der Waals surface area (Å²) in [4.78, 5) is 11.7. The summed E-state index contributed by atoms with van der Waals surface area (Å²) in [5.41, 5.74) is -2.77. The van der Waals surface area contributed by atoms with E-state index in [0.29, 0.717) is 6.61 Å². The first-order valence-electron chi connectivity index (χ1n) is 5.72. The summed E-state index contributed by atoms with van der Waals surface area (Å²) >= 11 is 6.26. The van der Waals surface area contributed by atoms with E-state index in [0.717, 1.165) is 31.4 Å². The molecule has 0 aromatic heterocycles. The minimum absolute atomic E-state index is 0. The molecule has 16 heavy (non-hydrogen) atoms. The molecule has 0 aliphatic heterocycles. The number of hydrogen-bond acceptors (Lipinski definition) is 4. The average Bonchev–Trinajstić information content (AvgIpc) is 2.20. The van der Waals surface area contributed by atoms with E-state index in [1.165, 1.54) is 24.2 Å². The normalized spacial score (nSPS) is 14.2. The van der Waals surface area contributed by atoms with Crippen LogP contribution in [0.5, 0.6) is 0 Å². The van der Waals surface area contributed by atoms with Gasteiger partial charge in [-0.2, -0.15) is 0 Å². The number of rotatable bonds is 10. The van der Waals surface area contributed by atoms with Gasteiger partial charge in [0.2, 0.25) is 0 Å². The van der Waals surface area contributed by atoms with Crippen molar-refractivity contribution in [1.29, 1.82) is 0 Å². The number of hydrogen-bond donors (Lipinski definition) is 0. The second kappa shape index (κ2) is 13.4. The fourth-order valence-corrected chi connectivity index (χ4v) is 4.48. The van der Waals surface area contributed by atoms with Crippen molar-refractivity contribution in [3.8, 4) is 0 Å². The van der Waals surface area contributed by atoms with Crippen LogP contribution >= 0.6 is 17.1 Å². The molecule has 1 atom stereocenters. The maximum absolute atomic E-state index is 11.7. The molecule has 0 aromatic carbocycles. The van der Waals surface area contributed by atoms with Gasteiger partial charge in [-0.25, -0.2) is 0 Å². The first-order chi connectivity index (χ1) is 7.12. The van der Waals surface area contributed by atoms with Crippen LogP contribution in [0, 0.1) is 0 Å². The van der Waals surface area contributed by atoms with Crippen molar-refractivity contribution < 1.29 is 39.0 Å². The van der Waals surface area contributed by atoms with Crippen LogP contribution in [0.3, 0.4) is 0 Å². The quantitative estimate of drug-likeness (QED) is 0.337. The van der Waals surface area contributed by atoms with E-state index in [9.17, 15) is 4.89 Å². The van der Waals surface area contributed by atoms with E-state index in [-0.39, 0.29) is 29.6 Å². The van der Waals surface area contributed by atoms with Crippen LogP contribution in [0.4, 0.5) is 0 Å². The topological polar surface area (TPSA) is 32.3 Å². The van der Waals surface area contributed by atoms with Gasteiger partial charge in [-0.05, 0) is 18.6 Å². The van der Waals surface area contributed by atoms with Crippen molar-refractivity contribution in [2.75, 3.05) is 12.4 Å². The molecule has 0 heterocycles. The molecule has 0 aliphatic rings. The van der Waals surface area contributed by atoms with Gasteiger partial charge in [0.1, 0.15) is 0 Å². The first-order valence-corrected chi connectivity index (χ1v) is 9.95. The Labute approximate surface area is 132 Å². The standard InChI is InChI=1S/C10H23O2PS2.Na/c1-3-5-7-9-12-13(11,14)15-10-8-6-4-2;/h3-10H2,1-2H3,(H,11,14);/q;+1/p-1. The summed E-state index contributed by atoms with van der Waals surface area (Å²) in [7, 11) is 0. The van der Waals surface area contributed by atoms with Crippen LogP contribution in [-0.4, -0.2) is 12.4 Å². The largest absolute Gasteiger partial charge is 1.00 e. The van der Waals surface area contributed by atoms with E-state index in [1.54, 1.807) is 0 Å². The SMILES string of the molecule is CCCCCOP([O-])(=S)SCCCCC.[Na+]. The third-order valence-corrected chi connectivity index (χ3v) is 6.36. The molecule has 92 valence electrons. The first kappa shape index (κ1) is 20.2. The number of unbranched alkanes of at least 4 members (excludes halogenated alkanes) is 4. The van der Waals surface area contributed by atoms with Crippen molar-refractivity contribution in [2.45, 2.75) is 52.4 Å². The third kappa shape index (κ3) is 14.0. The Morgan fingerprint density at radius 2 is 1.69 bits per heavy atom. The van der Waals surface area contributed by atoms with E-state index in [2.05, 4.69) is 13.8 Å². The summed E-state index contributed by atoms with van der Waals surface area (Å²) in [6, 6.07) is 0. The molecule has 0 fully saturated rings. The van der Waals surface area contributed by atoms with Gasteiger partial charge in [-0.1, -0.05) is 51.3 Å². The van der Waals surface area contributed by atoms with Crippen LogP contribution < -0.4 is 34.5 Å². The summed E-state index contributed by atoms with van der Waals surface area (Å²) in [5.74, 6) is 0.863. The maximum Gasteiger partial charge on any atom is 1.00 e. The summed E-state index contributed by atoms with van der Waals surface area (Å²) in [6.45, 7) is 4.83. The Balaban J connectivity index is 0. The van der Waals surface area contributed by atoms with Gasteiger partial charge in [0.05, 0.1) is 6.61 Å². The molecule has 1 unspecified atom stereocenters. The van der Waals surface area contributed by atoms with Crippen molar-refractivity contribution in [2.24, 2.45) is 0 Å². The Bertz CT molecular complexity index is 178. The second-order valence-corrected chi connectivity index (χ2v) is 9.70. The maximum atomic E-state index is 11.7. The van der Waals surface area contributed by atoms with E-state index in [1.807, 2.05) is 0 Å². The molecule has 0 saturated carbocycles. The predicted molar refractivity (Wildman–Crippen MR) is 71.7 cm³/mol. The molecular weight excluding hydrogens is 270 g/mol. The molecule has 0 rings (SSSR count). The van der Waals surface area contributed by atoms with Crippen molar-refractivity contribution in [3.63, 3.8) is 0 Å². The van der Waals surface area contributed by atoms with E-state index >= 15 is 0 Å². The molecular formula is C10H22NaO2PS2. The molecule has 2 nitrogen and oxygen atoms in total. The summed E-state index contributed by atoms with van der Waals surface area (Å²) in [5, 5.41) is 0. The van der Waals surface area contributed by atoms with Crippen LogP contribution in [0.1, 0.15) is 52.4 Å². The minimum Gasteiger partial charge on any atom is -0.793 e. The molecule has 0 N–H and O–H groups in total. The van der Waals surface area contributed by atoms with Gasteiger partial charge < -0.3 is 9.42 Å². The Hall–Kier alpha value is 1.92. The molecule has 0 saturated heterocycles. The fourth-order valence-electron chi connectivity index (χ4n) is 1.09. The zero-order valence-electron chi connectivity index (χ0n) is 10.7. The van der Waals surface area contributed by atoms with Gasteiger partial charge in [-0.15, -0.1) is 11.4 Å². The zero-order valence-corrected chi connectivity index (χ0v) is 15.3. The predicted octanol–water partition coefficient (Wildman–Crippen LogP) is 0.705. The van der Waals surface area contributed by atoms with Gasteiger partial charge in [-0.3, -0.25) is 0 Å². The Morgan fingerprint density at radius 1 is 1.12 bits per heavy atom. The molecule has 6 heteroatoms. The Kier molecular flexibility index (Phi) is 16.9. The van der Waals surface area contributed by atoms with Crippen molar-refractivity contribution >= 4 is 28.9 Å². The van der Waals surface area contributed by atoms with Crippen LogP contribution in [0.2, 0.25) is 0 Å². The summed E-state index contributed by atoms with van der Waals surface area (Å²) < 4.78 is 5.25. The van der Waals surface area contributed by atoms with Gasteiger partial charge in [0.25, 0.3) is 0 Å². The molecule has 0 amide bonds. The Morgan fingerprint density at radius 3 is 2.25 bits per heavy atom. The summed E-state index contributed by atoms with van der Waals surface area (Å²) in [6.07, 6.45) is 6.68. The van der Waals surface area contributed by atoms with Crippen molar-refractivity contribution in [3.05, 3.63) is 0 Å². The molecule has 0 aromatic rings. The zero-order chi connectivity index (χ0) is 11.6. The van der Waals surface area contributed by atoms with Gasteiger partial charge >= 0.3 is 29.6 Å². The van der Waals surface area contributed by atoms with Crippen LogP contribution in [0.25, 0.3) is 0 Å². The monoisotopic (exact) mass is 292 g/mol.